The maximum atomic E-state index is 12.3. The molecule has 1 aromatic rings. The Hall–Kier alpha value is -1.42. The molecule has 18 heavy (non-hydrogen) atoms. The van der Waals surface area contributed by atoms with Gasteiger partial charge in [-0.05, 0) is 17.5 Å². The Labute approximate surface area is 113 Å². The monoisotopic (exact) mass is 262 g/mol. The largest absolute Gasteiger partial charge is 0.393 e. The van der Waals surface area contributed by atoms with Gasteiger partial charge in [0.15, 0.2) is 0 Å². The molecule has 2 N–H and O–H groups in total. The number of nitrogens with zero attached hydrogens (tertiary/aromatic N) is 1. The summed E-state index contributed by atoms with van der Waals surface area (Å²) in [6.45, 7) is 3.39. The third-order valence-corrected chi connectivity index (χ3v) is 3.54. The van der Waals surface area contributed by atoms with Crippen LogP contribution in [0.5, 0.6) is 0 Å². The van der Waals surface area contributed by atoms with Crippen molar-refractivity contribution in [1.82, 2.24) is 4.90 Å². The number of carbonyl (C=O) groups is 1. The summed E-state index contributed by atoms with van der Waals surface area (Å²) in [5.41, 5.74) is 8.10. The van der Waals surface area contributed by atoms with Gasteiger partial charge in [-0.2, -0.15) is 0 Å². The molecule has 1 amide bonds. The molecule has 0 aliphatic carbocycles. The predicted octanol–water partition coefficient (Wildman–Crippen LogP) is 1.88. The van der Waals surface area contributed by atoms with Crippen LogP contribution in [0.4, 0.5) is 0 Å². The minimum atomic E-state index is -0.118. The van der Waals surface area contributed by atoms with Crippen LogP contribution in [0.15, 0.2) is 24.3 Å². The molecule has 0 spiro atoms. The molecule has 1 aliphatic rings. The van der Waals surface area contributed by atoms with Gasteiger partial charge in [0.05, 0.1) is 4.99 Å². The lowest BCUT2D eigenvalue weighted by molar-refractivity contribution is -0.135. The van der Waals surface area contributed by atoms with E-state index < -0.39 is 0 Å². The summed E-state index contributed by atoms with van der Waals surface area (Å²) in [6, 6.07) is 8.29. The predicted molar refractivity (Wildman–Crippen MR) is 76.1 cm³/mol. The fourth-order valence-corrected chi connectivity index (χ4v) is 2.63. The Morgan fingerprint density at radius 3 is 2.78 bits per heavy atom. The molecule has 2 rings (SSSR count). The summed E-state index contributed by atoms with van der Waals surface area (Å²) in [4.78, 5) is 14.6. The zero-order chi connectivity index (χ0) is 13.1. The molecular formula is C14H18N2OS. The maximum Gasteiger partial charge on any atom is 0.226 e. The summed E-state index contributed by atoms with van der Waals surface area (Å²) in [5, 5.41) is 0. The number of carbonyl (C=O) groups excluding carboxylic acids is 1. The molecule has 96 valence electrons. The van der Waals surface area contributed by atoms with Crippen LogP contribution in [0.3, 0.4) is 0 Å². The number of rotatable bonds is 3. The van der Waals surface area contributed by atoms with Crippen LogP contribution in [0.2, 0.25) is 0 Å². The lowest BCUT2D eigenvalue weighted by atomic mass is 9.98. The van der Waals surface area contributed by atoms with Gasteiger partial charge in [-0.25, -0.2) is 0 Å². The molecule has 0 saturated carbocycles. The fraction of sp³-hybridized carbons (Fsp3) is 0.429. The third-order valence-electron chi connectivity index (χ3n) is 3.37. The SMILES string of the molecule is CC(CC(N)=S)C(=O)N1CCc2ccccc2C1. The number of thiocarbonyl (C=S) groups is 1. The lowest BCUT2D eigenvalue weighted by Gasteiger charge is -2.30. The summed E-state index contributed by atoms with van der Waals surface area (Å²) in [5.74, 6) is 0.0325. The third kappa shape index (κ3) is 2.88. The Morgan fingerprint density at radius 1 is 1.44 bits per heavy atom. The summed E-state index contributed by atoms with van der Waals surface area (Å²) in [6.07, 6.45) is 1.42. The minimum absolute atomic E-state index is 0.118. The molecule has 0 bridgehead atoms. The van der Waals surface area contributed by atoms with Crippen molar-refractivity contribution in [3.05, 3.63) is 35.4 Å². The quantitative estimate of drug-likeness (QED) is 0.846. The van der Waals surface area contributed by atoms with Crippen molar-refractivity contribution < 1.29 is 4.79 Å². The van der Waals surface area contributed by atoms with Gasteiger partial charge in [0, 0.05) is 25.4 Å². The first-order valence-corrected chi connectivity index (χ1v) is 6.62. The van der Waals surface area contributed by atoms with E-state index in [2.05, 4.69) is 12.1 Å². The first kappa shape index (κ1) is 13.0. The van der Waals surface area contributed by atoms with E-state index in [-0.39, 0.29) is 11.8 Å². The van der Waals surface area contributed by atoms with Crippen molar-refractivity contribution in [3.63, 3.8) is 0 Å². The van der Waals surface area contributed by atoms with Crippen LogP contribution >= 0.6 is 12.2 Å². The van der Waals surface area contributed by atoms with Gasteiger partial charge in [0.2, 0.25) is 5.91 Å². The van der Waals surface area contributed by atoms with Crippen molar-refractivity contribution >= 4 is 23.1 Å². The molecule has 1 heterocycles. The molecule has 1 aliphatic heterocycles. The van der Waals surface area contributed by atoms with Gasteiger partial charge in [0.25, 0.3) is 0 Å². The average Bonchev–Trinajstić information content (AvgIpc) is 2.36. The van der Waals surface area contributed by atoms with Crippen LogP contribution in [0.25, 0.3) is 0 Å². The molecule has 0 aromatic heterocycles. The van der Waals surface area contributed by atoms with Crippen molar-refractivity contribution in [2.45, 2.75) is 26.3 Å². The fourth-order valence-electron chi connectivity index (χ4n) is 2.38. The molecular weight excluding hydrogens is 244 g/mol. The molecule has 1 atom stereocenters. The highest BCUT2D eigenvalue weighted by Gasteiger charge is 2.24. The van der Waals surface area contributed by atoms with Crippen molar-refractivity contribution in [3.8, 4) is 0 Å². The highest BCUT2D eigenvalue weighted by atomic mass is 32.1. The Balaban J connectivity index is 2.04. The first-order valence-electron chi connectivity index (χ1n) is 6.22. The zero-order valence-corrected chi connectivity index (χ0v) is 11.4. The van der Waals surface area contributed by atoms with E-state index in [9.17, 15) is 4.79 Å². The van der Waals surface area contributed by atoms with Crippen molar-refractivity contribution in [2.75, 3.05) is 6.54 Å². The van der Waals surface area contributed by atoms with E-state index in [4.69, 9.17) is 18.0 Å². The minimum Gasteiger partial charge on any atom is -0.393 e. The normalized spacial score (nSPS) is 15.9. The number of hydrogen-bond donors (Lipinski definition) is 1. The molecule has 0 saturated heterocycles. The van der Waals surface area contributed by atoms with Crippen LogP contribution in [0.1, 0.15) is 24.5 Å². The van der Waals surface area contributed by atoms with E-state index >= 15 is 0 Å². The highest BCUT2D eigenvalue weighted by Crippen LogP contribution is 2.20. The number of nitrogens with two attached hydrogens (primary N) is 1. The van der Waals surface area contributed by atoms with Gasteiger partial charge in [0.1, 0.15) is 0 Å². The molecule has 1 unspecified atom stereocenters. The molecule has 1 aromatic carbocycles. The highest BCUT2D eigenvalue weighted by molar-refractivity contribution is 7.80. The van der Waals surface area contributed by atoms with Crippen molar-refractivity contribution in [1.29, 1.82) is 0 Å². The first-order chi connectivity index (χ1) is 8.58. The van der Waals surface area contributed by atoms with E-state index in [1.807, 2.05) is 24.0 Å². The van der Waals surface area contributed by atoms with E-state index in [0.717, 1.165) is 13.0 Å². The second kappa shape index (κ2) is 5.48. The van der Waals surface area contributed by atoms with Gasteiger partial charge in [-0.3, -0.25) is 4.79 Å². The van der Waals surface area contributed by atoms with E-state index in [0.29, 0.717) is 18.0 Å². The Morgan fingerprint density at radius 2 is 2.11 bits per heavy atom. The zero-order valence-electron chi connectivity index (χ0n) is 10.6. The average molecular weight is 262 g/mol. The van der Waals surface area contributed by atoms with Gasteiger partial charge in [-0.15, -0.1) is 0 Å². The van der Waals surface area contributed by atoms with Crippen LogP contribution in [0, 0.1) is 5.92 Å². The smallest absolute Gasteiger partial charge is 0.226 e. The molecule has 4 heteroatoms. The second-order valence-corrected chi connectivity index (χ2v) is 5.37. The number of hydrogen-bond acceptors (Lipinski definition) is 2. The van der Waals surface area contributed by atoms with Crippen LogP contribution in [-0.4, -0.2) is 22.3 Å². The van der Waals surface area contributed by atoms with Crippen LogP contribution in [-0.2, 0) is 17.8 Å². The Kier molecular flexibility index (Phi) is 3.97. The van der Waals surface area contributed by atoms with Gasteiger partial charge < -0.3 is 10.6 Å². The van der Waals surface area contributed by atoms with Gasteiger partial charge >= 0.3 is 0 Å². The lowest BCUT2D eigenvalue weighted by Crippen LogP contribution is -2.39. The molecule has 0 radical (unpaired) electrons. The number of benzene rings is 1. The maximum absolute atomic E-state index is 12.3. The Bertz CT molecular complexity index is 473. The van der Waals surface area contributed by atoms with E-state index in [1.165, 1.54) is 11.1 Å². The van der Waals surface area contributed by atoms with Crippen molar-refractivity contribution in [2.24, 2.45) is 11.7 Å². The summed E-state index contributed by atoms with van der Waals surface area (Å²) < 4.78 is 0. The second-order valence-electron chi connectivity index (χ2n) is 4.85. The topological polar surface area (TPSA) is 46.3 Å². The summed E-state index contributed by atoms with van der Waals surface area (Å²) in [7, 11) is 0. The van der Waals surface area contributed by atoms with E-state index in [1.54, 1.807) is 0 Å². The van der Waals surface area contributed by atoms with Gasteiger partial charge in [-0.1, -0.05) is 43.4 Å². The standard InChI is InChI=1S/C14H18N2OS/c1-10(8-13(15)18)14(17)16-7-6-11-4-2-3-5-12(11)9-16/h2-5,10H,6-9H2,1H3,(H2,15,18). The van der Waals surface area contributed by atoms with Crippen LogP contribution < -0.4 is 5.73 Å². The summed E-state index contributed by atoms with van der Waals surface area (Å²) >= 11 is 4.86. The number of fused-ring (bicyclic) bond motifs is 1. The molecule has 3 nitrogen and oxygen atoms in total. The number of amides is 1. The molecule has 0 fully saturated rings.